The van der Waals surface area contributed by atoms with E-state index in [1.54, 1.807) is 0 Å². The normalized spacial score (nSPS) is 12.5. The maximum Gasteiger partial charge on any atom is 0.407 e. The van der Waals surface area contributed by atoms with Crippen molar-refractivity contribution in [3.8, 4) is 0 Å². The van der Waals surface area contributed by atoms with E-state index in [1.807, 2.05) is 0 Å². The van der Waals surface area contributed by atoms with Crippen molar-refractivity contribution in [1.29, 1.82) is 0 Å². The molecule has 0 spiro atoms. The van der Waals surface area contributed by atoms with Gasteiger partial charge < -0.3 is 47.8 Å². The van der Waals surface area contributed by atoms with Crippen LogP contribution in [-0.2, 0) is 14.2 Å². The highest BCUT2D eigenvalue weighted by Crippen LogP contribution is 2.04. The highest BCUT2D eigenvalue weighted by atomic mass is 16.6. The number of hydrogen-bond acceptors (Lipinski definition) is 9. The minimum absolute atomic E-state index is 0.0552. The first-order chi connectivity index (χ1) is 13.9. The van der Waals surface area contributed by atoms with E-state index in [0.29, 0.717) is 25.9 Å². The lowest BCUT2D eigenvalue weighted by molar-refractivity contribution is 0.107. The second-order valence-corrected chi connectivity index (χ2v) is 6.40. The SMILES string of the molecule is NCCCCC(COC(N)=O)NC(=O)OCC(CCCCN)NC(=O)OCCN. The Labute approximate surface area is 171 Å². The average Bonchev–Trinajstić information content (AvgIpc) is 2.68. The fourth-order valence-electron chi connectivity index (χ4n) is 2.39. The number of hydrogen-bond donors (Lipinski definition) is 6. The molecule has 0 aromatic heterocycles. The lowest BCUT2D eigenvalue weighted by atomic mass is 10.1. The van der Waals surface area contributed by atoms with E-state index >= 15 is 0 Å². The fourth-order valence-corrected chi connectivity index (χ4v) is 2.39. The molecule has 0 rings (SSSR count). The summed E-state index contributed by atoms with van der Waals surface area (Å²) in [5.41, 5.74) is 21.2. The molecule has 0 fully saturated rings. The van der Waals surface area contributed by atoms with E-state index in [4.69, 9.17) is 37.1 Å². The number of carbonyl (C=O) groups excluding carboxylic acids is 3. The Morgan fingerprint density at radius 2 is 1.17 bits per heavy atom. The first-order valence-electron chi connectivity index (χ1n) is 9.81. The van der Waals surface area contributed by atoms with Crippen molar-refractivity contribution >= 4 is 18.3 Å². The standard InChI is InChI=1S/C17H36N6O6/c18-7-3-1-5-13(11-28-15(21)24)23-17(26)29-12-14(6-2-4-8-19)22-16(25)27-10-9-20/h13-14H,1-12,18-20H2,(H2,21,24)(H,22,25)(H,23,26). The molecule has 0 aromatic rings. The summed E-state index contributed by atoms with van der Waals surface area (Å²) in [6.07, 6.45) is 1.87. The third-order valence-electron chi connectivity index (χ3n) is 3.85. The van der Waals surface area contributed by atoms with Gasteiger partial charge in [0, 0.05) is 6.54 Å². The van der Waals surface area contributed by atoms with Gasteiger partial charge in [0.2, 0.25) is 0 Å². The Morgan fingerprint density at radius 1 is 0.690 bits per heavy atom. The van der Waals surface area contributed by atoms with Gasteiger partial charge in [-0.1, -0.05) is 12.8 Å². The first-order valence-corrected chi connectivity index (χ1v) is 9.81. The summed E-state index contributed by atoms with van der Waals surface area (Å²) in [7, 11) is 0. The Morgan fingerprint density at radius 3 is 1.62 bits per heavy atom. The summed E-state index contributed by atoms with van der Waals surface area (Å²) in [6.45, 7) is 1.22. The molecule has 0 aliphatic rings. The van der Waals surface area contributed by atoms with Crippen LogP contribution in [0, 0.1) is 0 Å². The molecule has 0 aromatic carbocycles. The Bertz CT molecular complexity index is 468. The second kappa shape index (κ2) is 17.8. The number of primary amides is 1. The zero-order valence-electron chi connectivity index (χ0n) is 16.9. The number of alkyl carbamates (subject to hydrolysis) is 2. The van der Waals surface area contributed by atoms with E-state index in [9.17, 15) is 14.4 Å². The summed E-state index contributed by atoms with van der Waals surface area (Å²) in [5.74, 6) is 0. The molecule has 0 radical (unpaired) electrons. The topological polar surface area (TPSA) is 207 Å². The van der Waals surface area contributed by atoms with Crippen LogP contribution in [0.1, 0.15) is 38.5 Å². The number of ether oxygens (including phenoxy) is 3. The van der Waals surface area contributed by atoms with E-state index in [2.05, 4.69) is 10.6 Å². The predicted octanol–water partition coefficient (Wildman–Crippen LogP) is -0.512. The Hall–Kier alpha value is -2.31. The van der Waals surface area contributed by atoms with Crippen molar-refractivity contribution in [2.45, 2.75) is 50.6 Å². The van der Waals surface area contributed by atoms with Gasteiger partial charge in [-0.05, 0) is 38.8 Å². The Kier molecular flexibility index (Phi) is 16.4. The number of nitrogens with two attached hydrogens (primary N) is 4. The summed E-state index contributed by atoms with van der Waals surface area (Å²) in [4.78, 5) is 34.6. The molecule has 0 aliphatic heterocycles. The third kappa shape index (κ3) is 16.4. The summed E-state index contributed by atoms with van der Waals surface area (Å²) >= 11 is 0. The quantitative estimate of drug-likeness (QED) is 0.140. The van der Waals surface area contributed by atoms with Gasteiger partial charge in [0.15, 0.2) is 0 Å². The van der Waals surface area contributed by atoms with Crippen molar-refractivity contribution in [2.24, 2.45) is 22.9 Å². The third-order valence-corrected chi connectivity index (χ3v) is 3.85. The van der Waals surface area contributed by atoms with Gasteiger partial charge in [-0.25, -0.2) is 14.4 Å². The van der Waals surface area contributed by atoms with Crippen molar-refractivity contribution < 1.29 is 28.6 Å². The summed E-state index contributed by atoms with van der Waals surface area (Å²) in [6, 6.07) is -0.894. The first kappa shape index (κ1) is 26.7. The highest BCUT2D eigenvalue weighted by molar-refractivity contribution is 5.69. The van der Waals surface area contributed by atoms with Crippen molar-refractivity contribution in [3.63, 3.8) is 0 Å². The van der Waals surface area contributed by atoms with Gasteiger partial charge in [-0.3, -0.25) is 0 Å². The van der Waals surface area contributed by atoms with Gasteiger partial charge in [0.1, 0.15) is 19.8 Å². The van der Waals surface area contributed by atoms with E-state index in [-0.39, 0.29) is 26.4 Å². The molecule has 0 aliphatic carbocycles. The molecule has 0 bridgehead atoms. The van der Waals surface area contributed by atoms with Crippen molar-refractivity contribution in [3.05, 3.63) is 0 Å². The number of amides is 3. The maximum absolute atomic E-state index is 12.1. The van der Waals surface area contributed by atoms with Crippen LogP contribution in [0.5, 0.6) is 0 Å². The minimum atomic E-state index is -0.927. The molecule has 2 atom stereocenters. The van der Waals surface area contributed by atoms with Crippen LogP contribution in [0.2, 0.25) is 0 Å². The molecule has 2 unspecified atom stereocenters. The van der Waals surface area contributed by atoms with Crippen LogP contribution in [0.4, 0.5) is 14.4 Å². The predicted molar refractivity (Wildman–Crippen MR) is 107 cm³/mol. The molecule has 29 heavy (non-hydrogen) atoms. The molecule has 12 nitrogen and oxygen atoms in total. The van der Waals surface area contributed by atoms with Crippen LogP contribution < -0.4 is 33.6 Å². The van der Waals surface area contributed by atoms with Crippen LogP contribution in [0.25, 0.3) is 0 Å². The number of rotatable bonds is 16. The molecule has 0 heterocycles. The molecule has 0 saturated heterocycles. The van der Waals surface area contributed by atoms with E-state index in [0.717, 1.165) is 25.7 Å². The molecular weight excluding hydrogens is 384 g/mol. The van der Waals surface area contributed by atoms with Crippen LogP contribution in [0.15, 0.2) is 0 Å². The Balaban J connectivity index is 4.55. The van der Waals surface area contributed by atoms with Crippen LogP contribution in [-0.4, -0.2) is 69.8 Å². The second-order valence-electron chi connectivity index (χ2n) is 6.40. The van der Waals surface area contributed by atoms with Crippen molar-refractivity contribution in [2.75, 3.05) is 39.5 Å². The van der Waals surface area contributed by atoms with E-state index < -0.39 is 30.4 Å². The largest absolute Gasteiger partial charge is 0.448 e. The average molecular weight is 421 g/mol. The summed E-state index contributed by atoms with van der Waals surface area (Å²) < 4.78 is 14.9. The van der Waals surface area contributed by atoms with Crippen molar-refractivity contribution in [1.82, 2.24) is 10.6 Å². The fraction of sp³-hybridized carbons (Fsp3) is 0.824. The van der Waals surface area contributed by atoms with Gasteiger partial charge in [0.25, 0.3) is 0 Å². The molecule has 170 valence electrons. The lowest BCUT2D eigenvalue weighted by Crippen LogP contribution is -2.43. The highest BCUT2D eigenvalue weighted by Gasteiger charge is 2.18. The molecular formula is C17H36N6O6. The number of carbonyl (C=O) groups is 3. The monoisotopic (exact) mass is 420 g/mol. The van der Waals surface area contributed by atoms with Crippen LogP contribution in [0.3, 0.4) is 0 Å². The van der Waals surface area contributed by atoms with Crippen LogP contribution >= 0.6 is 0 Å². The molecule has 10 N–H and O–H groups in total. The van der Waals surface area contributed by atoms with Gasteiger partial charge >= 0.3 is 18.3 Å². The lowest BCUT2D eigenvalue weighted by Gasteiger charge is -2.21. The molecule has 3 amide bonds. The van der Waals surface area contributed by atoms with Gasteiger partial charge in [0.05, 0.1) is 12.1 Å². The number of nitrogens with one attached hydrogen (secondary N) is 2. The van der Waals surface area contributed by atoms with Gasteiger partial charge in [-0.2, -0.15) is 0 Å². The zero-order valence-corrected chi connectivity index (χ0v) is 16.9. The zero-order chi connectivity index (χ0) is 21.9. The van der Waals surface area contributed by atoms with E-state index in [1.165, 1.54) is 0 Å². The minimum Gasteiger partial charge on any atom is -0.448 e. The molecule has 12 heteroatoms. The maximum atomic E-state index is 12.1. The smallest absolute Gasteiger partial charge is 0.407 e. The summed E-state index contributed by atoms with van der Waals surface area (Å²) in [5, 5.41) is 5.27. The van der Waals surface area contributed by atoms with Gasteiger partial charge in [-0.15, -0.1) is 0 Å². The number of unbranched alkanes of at least 4 members (excludes halogenated alkanes) is 2. The molecule has 0 saturated carbocycles.